The number of nitrogens with two attached hydrogens (primary N) is 1. The van der Waals surface area contributed by atoms with Crippen LogP contribution in [0, 0.1) is 6.92 Å². The van der Waals surface area contributed by atoms with Gasteiger partial charge in [-0.05, 0) is 25.1 Å². The van der Waals surface area contributed by atoms with Crippen molar-refractivity contribution in [3.8, 4) is 5.75 Å². The van der Waals surface area contributed by atoms with Gasteiger partial charge in [-0.15, -0.1) is 5.10 Å². The molecule has 0 saturated carbocycles. The van der Waals surface area contributed by atoms with Crippen molar-refractivity contribution in [3.63, 3.8) is 0 Å². The Morgan fingerprint density at radius 1 is 1.30 bits per heavy atom. The highest BCUT2D eigenvalue weighted by Gasteiger charge is 2.30. The lowest BCUT2D eigenvalue weighted by atomic mass is 10.2. The Bertz CT molecular complexity index is 1040. The number of hydrogen-bond acceptors (Lipinski definition) is 8. The van der Waals surface area contributed by atoms with E-state index in [-0.39, 0.29) is 18.9 Å². The molecule has 9 nitrogen and oxygen atoms in total. The minimum atomic E-state index is -4.50. The summed E-state index contributed by atoms with van der Waals surface area (Å²) in [6.45, 7) is 1.28. The molecule has 30 heavy (non-hydrogen) atoms. The monoisotopic (exact) mass is 422 g/mol. The number of alkyl halides is 3. The molecule has 0 amide bonds. The molecule has 0 atom stereocenters. The maximum Gasteiger partial charge on any atom is 0.416 e. The second kappa shape index (κ2) is 8.76. The Labute approximate surface area is 168 Å². The number of nitrogen functional groups attached to an aromatic ring is 1. The predicted molar refractivity (Wildman–Crippen MR) is 97.0 cm³/mol. The molecular formula is C18H17F3N6O3. The van der Waals surface area contributed by atoms with Crippen molar-refractivity contribution in [3.05, 3.63) is 59.3 Å². The van der Waals surface area contributed by atoms with Crippen LogP contribution in [0.3, 0.4) is 0 Å². The molecule has 0 unspecified atom stereocenters. The van der Waals surface area contributed by atoms with E-state index >= 15 is 0 Å². The summed E-state index contributed by atoms with van der Waals surface area (Å²) in [6.07, 6.45) is -1.36. The van der Waals surface area contributed by atoms with Crippen LogP contribution < -0.4 is 10.5 Å². The fourth-order valence-electron chi connectivity index (χ4n) is 2.39. The van der Waals surface area contributed by atoms with Gasteiger partial charge >= 0.3 is 12.1 Å². The average molecular weight is 422 g/mol. The topological polar surface area (TPSA) is 118 Å². The van der Waals surface area contributed by atoms with Crippen LogP contribution in [0.15, 0.2) is 36.7 Å². The van der Waals surface area contributed by atoms with Crippen LogP contribution in [0.5, 0.6) is 5.75 Å². The molecule has 0 aliphatic carbocycles. The van der Waals surface area contributed by atoms with Gasteiger partial charge in [0.1, 0.15) is 29.7 Å². The Hall–Kier alpha value is -3.70. The Morgan fingerprint density at radius 3 is 2.83 bits per heavy atom. The van der Waals surface area contributed by atoms with E-state index in [1.54, 1.807) is 19.3 Å². The molecule has 158 valence electrons. The number of halogens is 3. The van der Waals surface area contributed by atoms with Gasteiger partial charge in [-0.2, -0.15) is 13.2 Å². The molecule has 2 aromatic heterocycles. The minimum Gasteiger partial charge on any atom is -0.482 e. The van der Waals surface area contributed by atoms with E-state index < -0.39 is 24.3 Å². The first kappa shape index (κ1) is 21.0. The quantitative estimate of drug-likeness (QED) is 0.576. The number of aromatic nitrogens is 5. The molecule has 0 aliphatic heterocycles. The van der Waals surface area contributed by atoms with E-state index in [9.17, 15) is 18.0 Å². The molecule has 0 radical (unpaired) electrons. The largest absolute Gasteiger partial charge is 0.482 e. The zero-order valence-electron chi connectivity index (χ0n) is 15.8. The van der Waals surface area contributed by atoms with Crippen molar-refractivity contribution in [2.75, 3.05) is 12.3 Å². The third-order valence-corrected chi connectivity index (χ3v) is 3.84. The number of carbonyl (C=O) groups excluding carboxylic acids is 1. The molecule has 2 heterocycles. The molecule has 0 spiro atoms. The summed E-state index contributed by atoms with van der Waals surface area (Å²) in [7, 11) is 0. The van der Waals surface area contributed by atoms with Crippen LogP contribution in [0.1, 0.15) is 22.6 Å². The number of rotatable bonds is 7. The lowest BCUT2D eigenvalue weighted by Crippen LogP contribution is -2.15. The summed E-state index contributed by atoms with van der Waals surface area (Å²) in [5, 5.41) is 7.78. The maximum absolute atomic E-state index is 12.7. The first-order chi connectivity index (χ1) is 14.2. The number of hydrogen-bond donors (Lipinski definition) is 1. The molecule has 2 N–H and O–H groups in total. The molecule has 0 saturated heterocycles. The van der Waals surface area contributed by atoms with Crippen LogP contribution in [-0.2, 0) is 28.9 Å². The van der Waals surface area contributed by atoms with Crippen LogP contribution >= 0.6 is 0 Å². The summed E-state index contributed by atoms with van der Waals surface area (Å²) in [5.41, 5.74) is 5.99. The van der Waals surface area contributed by atoms with Gasteiger partial charge in [0, 0.05) is 11.8 Å². The van der Waals surface area contributed by atoms with Crippen molar-refractivity contribution < 1.29 is 27.4 Å². The van der Waals surface area contributed by atoms with Crippen molar-refractivity contribution >= 4 is 11.8 Å². The number of carbonyl (C=O) groups is 1. The van der Waals surface area contributed by atoms with Crippen molar-refractivity contribution in [1.82, 2.24) is 25.0 Å². The number of ether oxygens (including phenoxy) is 2. The third-order valence-electron chi connectivity index (χ3n) is 3.84. The second-order valence-corrected chi connectivity index (χ2v) is 6.21. The van der Waals surface area contributed by atoms with Gasteiger partial charge < -0.3 is 15.2 Å². The van der Waals surface area contributed by atoms with Crippen molar-refractivity contribution in [2.24, 2.45) is 0 Å². The van der Waals surface area contributed by atoms with Crippen LogP contribution in [0.2, 0.25) is 0 Å². The summed E-state index contributed by atoms with van der Waals surface area (Å²) in [5.74, 6) is 0.0243. The molecule has 12 heteroatoms. The van der Waals surface area contributed by atoms with Gasteiger partial charge in [0.15, 0.2) is 6.61 Å². The third kappa shape index (κ3) is 5.65. The molecular weight excluding hydrogens is 405 g/mol. The maximum atomic E-state index is 12.7. The van der Waals surface area contributed by atoms with E-state index in [1.807, 2.05) is 0 Å². The van der Waals surface area contributed by atoms with Crippen LogP contribution in [0.25, 0.3) is 0 Å². The van der Waals surface area contributed by atoms with Crippen LogP contribution in [-0.4, -0.2) is 37.5 Å². The Kier molecular flexibility index (Phi) is 6.14. The highest BCUT2D eigenvalue weighted by molar-refractivity contribution is 5.71. The molecule has 1 aromatic carbocycles. The molecule has 0 aliphatic rings. The van der Waals surface area contributed by atoms with E-state index in [1.165, 1.54) is 16.8 Å². The first-order valence-corrected chi connectivity index (χ1v) is 8.63. The minimum absolute atomic E-state index is 0.0920. The normalized spacial score (nSPS) is 11.3. The fraction of sp³-hybridized carbons (Fsp3) is 0.278. The predicted octanol–water partition coefficient (Wildman–Crippen LogP) is 2.15. The summed E-state index contributed by atoms with van der Waals surface area (Å²) < 4.78 is 49.6. The Morgan fingerprint density at radius 2 is 2.10 bits per heavy atom. The summed E-state index contributed by atoms with van der Waals surface area (Å²) in [4.78, 5) is 19.9. The standard InChI is InChI=1S/C18H17F3N6O3/c1-11-23-6-12(17(22)24-11)7-27-8-14(25-26-27)9-30-16(28)10-29-15-4-2-3-13(5-15)18(19,20)21/h2-6,8H,7,9-10H2,1H3,(H2,22,23,24). The second-order valence-electron chi connectivity index (χ2n) is 6.21. The zero-order chi connectivity index (χ0) is 21.7. The summed E-state index contributed by atoms with van der Waals surface area (Å²) >= 11 is 0. The van der Waals surface area contributed by atoms with Crippen molar-refractivity contribution in [1.29, 1.82) is 0 Å². The molecule has 3 aromatic rings. The number of nitrogens with zero attached hydrogens (tertiary/aromatic N) is 5. The highest BCUT2D eigenvalue weighted by Crippen LogP contribution is 2.31. The first-order valence-electron chi connectivity index (χ1n) is 8.63. The van der Waals surface area contributed by atoms with E-state index in [0.29, 0.717) is 22.9 Å². The molecule has 3 rings (SSSR count). The van der Waals surface area contributed by atoms with Gasteiger partial charge in [-0.1, -0.05) is 11.3 Å². The number of aryl methyl sites for hydroxylation is 1. The lowest BCUT2D eigenvalue weighted by Gasteiger charge is -2.09. The Balaban J connectivity index is 1.48. The van der Waals surface area contributed by atoms with E-state index in [0.717, 1.165) is 12.1 Å². The molecule has 0 fully saturated rings. The van der Waals surface area contributed by atoms with Gasteiger partial charge in [-0.3, -0.25) is 0 Å². The van der Waals surface area contributed by atoms with E-state index in [4.69, 9.17) is 15.2 Å². The van der Waals surface area contributed by atoms with Gasteiger partial charge in [0.05, 0.1) is 18.3 Å². The number of anilines is 1. The molecule has 0 bridgehead atoms. The number of esters is 1. The lowest BCUT2D eigenvalue weighted by molar-refractivity contribution is -0.147. The SMILES string of the molecule is Cc1ncc(Cn2cc(COC(=O)COc3cccc(C(F)(F)F)c3)nn2)c(N)n1. The summed E-state index contributed by atoms with van der Waals surface area (Å²) in [6, 6.07) is 4.21. The van der Waals surface area contributed by atoms with Crippen LogP contribution in [0.4, 0.5) is 19.0 Å². The smallest absolute Gasteiger partial charge is 0.416 e. The van der Waals surface area contributed by atoms with E-state index in [2.05, 4.69) is 20.3 Å². The van der Waals surface area contributed by atoms with Gasteiger partial charge in [0.2, 0.25) is 0 Å². The van der Waals surface area contributed by atoms with Crippen molar-refractivity contribution in [2.45, 2.75) is 26.3 Å². The fourth-order valence-corrected chi connectivity index (χ4v) is 2.39. The number of benzene rings is 1. The van der Waals surface area contributed by atoms with Gasteiger partial charge in [0.25, 0.3) is 0 Å². The van der Waals surface area contributed by atoms with Gasteiger partial charge in [-0.25, -0.2) is 19.4 Å². The average Bonchev–Trinajstić information content (AvgIpc) is 3.14. The highest BCUT2D eigenvalue weighted by atomic mass is 19.4. The zero-order valence-corrected chi connectivity index (χ0v) is 15.8.